The maximum Gasteiger partial charge on any atom is 0.286 e. The largest absolute Gasteiger partial charge is 0.484 e. The molecule has 1 aromatic heterocycles. The lowest BCUT2D eigenvalue weighted by atomic mass is 10.3. The van der Waals surface area contributed by atoms with Crippen LogP contribution in [-0.2, 0) is 11.3 Å². The summed E-state index contributed by atoms with van der Waals surface area (Å²) in [6, 6.07) is 10.5. The topological polar surface area (TPSA) is 60.7 Å². The van der Waals surface area contributed by atoms with Crippen LogP contribution in [0.5, 0.6) is 5.75 Å². The Labute approximate surface area is 146 Å². The number of amides is 1. The van der Waals surface area contributed by atoms with Crippen LogP contribution in [0.3, 0.4) is 0 Å². The van der Waals surface area contributed by atoms with Crippen molar-refractivity contribution in [1.29, 1.82) is 0 Å². The van der Waals surface area contributed by atoms with Gasteiger partial charge in [-0.2, -0.15) is 0 Å². The number of ether oxygens (including phenoxy) is 2. The van der Waals surface area contributed by atoms with Gasteiger partial charge in [-0.1, -0.05) is 23.7 Å². The Morgan fingerprint density at radius 1 is 1.25 bits per heavy atom. The smallest absolute Gasteiger partial charge is 0.286 e. The summed E-state index contributed by atoms with van der Waals surface area (Å²) in [5.41, 5.74) is 0. The first kappa shape index (κ1) is 18.4. The molecule has 1 heterocycles. The number of nitrogens with one attached hydrogen (secondary N) is 1. The zero-order valence-corrected chi connectivity index (χ0v) is 14.6. The van der Waals surface area contributed by atoms with E-state index in [9.17, 15) is 4.79 Å². The Morgan fingerprint density at radius 2 is 2.04 bits per heavy atom. The van der Waals surface area contributed by atoms with Gasteiger partial charge < -0.3 is 19.2 Å². The Morgan fingerprint density at radius 3 is 2.79 bits per heavy atom. The van der Waals surface area contributed by atoms with Crippen molar-refractivity contribution in [3.05, 3.63) is 52.9 Å². The van der Waals surface area contributed by atoms with Gasteiger partial charge >= 0.3 is 0 Å². The molecular formula is C18H22ClNO4. The lowest BCUT2D eigenvalue weighted by molar-refractivity contribution is 0.0753. The summed E-state index contributed by atoms with van der Waals surface area (Å²) in [4.78, 5) is 12.0. The lowest BCUT2D eigenvalue weighted by Gasteiger charge is -2.07. The molecular weight excluding hydrogens is 330 g/mol. The van der Waals surface area contributed by atoms with Gasteiger partial charge in [0, 0.05) is 13.2 Å². The van der Waals surface area contributed by atoms with Crippen LogP contribution in [0.25, 0.3) is 0 Å². The van der Waals surface area contributed by atoms with Gasteiger partial charge in [0.05, 0.1) is 11.1 Å². The fourth-order valence-corrected chi connectivity index (χ4v) is 2.16. The molecule has 0 bridgehead atoms. The van der Waals surface area contributed by atoms with Crippen LogP contribution in [0.4, 0.5) is 0 Å². The molecule has 2 aromatic rings. The van der Waals surface area contributed by atoms with Crippen molar-refractivity contribution in [2.24, 2.45) is 0 Å². The van der Waals surface area contributed by atoms with Crippen molar-refractivity contribution < 1.29 is 18.7 Å². The molecule has 0 radical (unpaired) electrons. The second kappa shape index (κ2) is 9.35. The third kappa shape index (κ3) is 5.91. The van der Waals surface area contributed by atoms with Gasteiger partial charge in [-0.3, -0.25) is 4.79 Å². The maximum atomic E-state index is 12.0. The fraction of sp³-hybridized carbons (Fsp3) is 0.389. The van der Waals surface area contributed by atoms with Crippen LogP contribution in [-0.4, -0.2) is 25.2 Å². The Hall–Kier alpha value is -1.98. The van der Waals surface area contributed by atoms with Gasteiger partial charge in [-0.05, 0) is 44.5 Å². The van der Waals surface area contributed by atoms with E-state index in [-0.39, 0.29) is 24.4 Å². The predicted molar refractivity (Wildman–Crippen MR) is 92.5 cm³/mol. The van der Waals surface area contributed by atoms with Crippen LogP contribution in [0, 0.1) is 0 Å². The highest BCUT2D eigenvalue weighted by Gasteiger charge is 2.11. The second-order valence-corrected chi connectivity index (χ2v) is 5.92. The molecule has 0 saturated carbocycles. The van der Waals surface area contributed by atoms with Gasteiger partial charge in [-0.15, -0.1) is 0 Å². The summed E-state index contributed by atoms with van der Waals surface area (Å²) in [5.74, 6) is 1.15. The van der Waals surface area contributed by atoms with Crippen molar-refractivity contribution >= 4 is 17.5 Å². The quantitative estimate of drug-likeness (QED) is 0.692. The van der Waals surface area contributed by atoms with E-state index in [1.807, 2.05) is 26.0 Å². The van der Waals surface area contributed by atoms with E-state index >= 15 is 0 Å². The maximum absolute atomic E-state index is 12.0. The minimum Gasteiger partial charge on any atom is -0.484 e. The number of furan rings is 1. The van der Waals surface area contributed by atoms with E-state index in [0.717, 1.165) is 6.42 Å². The summed E-state index contributed by atoms with van der Waals surface area (Å²) in [6.45, 7) is 5.32. The summed E-state index contributed by atoms with van der Waals surface area (Å²) < 4.78 is 16.5. The highest BCUT2D eigenvalue weighted by molar-refractivity contribution is 6.32. The Balaban J connectivity index is 1.76. The SMILES string of the molecule is CC(C)OCCCNC(=O)c1ccc(COc2ccccc2Cl)o1. The van der Waals surface area contributed by atoms with Gasteiger partial charge in [0.25, 0.3) is 5.91 Å². The lowest BCUT2D eigenvalue weighted by Crippen LogP contribution is -2.25. The van der Waals surface area contributed by atoms with Crippen molar-refractivity contribution in [1.82, 2.24) is 5.32 Å². The number of halogens is 1. The molecule has 24 heavy (non-hydrogen) atoms. The third-order valence-electron chi connectivity index (χ3n) is 3.15. The third-order valence-corrected chi connectivity index (χ3v) is 3.46. The van der Waals surface area contributed by atoms with E-state index in [0.29, 0.717) is 29.7 Å². The number of hydrogen-bond acceptors (Lipinski definition) is 4. The van der Waals surface area contributed by atoms with Crippen molar-refractivity contribution in [3.8, 4) is 5.75 Å². The van der Waals surface area contributed by atoms with Gasteiger partial charge in [0.15, 0.2) is 5.76 Å². The summed E-state index contributed by atoms with van der Waals surface area (Å²) in [6.07, 6.45) is 0.957. The van der Waals surface area contributed by atoms with E-state index in [2.05, 4.69) is 5.32 Å². The van der Waals surface area contributed by atoms with E-state index < -0.39 is 0 Å². The highest BCUT2D eigenvalue weighted by Crippen LogP contribution is 2.24. The molecule has 0 unspecified atom stereocenters. The first-order chi connectivity index (χ1) is 11.6. The predicted octanol–water partition coefficient (Wildman–Crippen LogP) is 4.06. The van der Waals surface area contributed by atoms with Crippen LogP contribution in [0.2, 0.25) is 5.02 Å². The molecule has 0 aliphatic rings. The Bertz CT molecular complexity index is 654. The highest BCUT2D eigenvalue weighted by atomic mass is 35.5. The number of hydrogen-bond donors (Lipinski definition) is 1. The van der Waals surface area contributed by atoms with Gasteiger partial charge in [-0.25, -0.2) is 0 Å². The van der Waals surface area contributed by atoms with Crippen LogP contribution >= 0.6 is 11.6 Å². The monoisotopic (exact) mass is 351 g/mol. The van der Waals surface area contributed by atoms with E-state index in [1.165, 1.54) is 0 Å². The number of rotatable bonds is 9. The normalized spacial score (nSPS) is 10.8. The molecule has 6 heteroatoms. The minimum atomic E-state index is -0.247. The van der Waals surface area contributed by atoms with Gasteiger partial charge in [0.2, 0.25) is 0 Å². The number of benzene rings is 1. The van der Waals surface area contributed by atoms with E-state index in [1.54, 1.807) is 24.3 Å². The molecule has 1 aromatic carbocycles. The molecule has 0 atom stereocenters. The zero-order valence-electron chi connectivity index (χ0n) is 13.9. The first-order valence-electron chi connectivity index (χ1n) is 7.92. The zero-order chi connectivity index (χ0) is 17.4. The minimum absolute atomic E-state index is 0.200. The molecule has 0 aliphatic heterocycles. The number of carbonyl (C=O) groups excluding carboxylic acids is 1. The average molecular weight is 352 g/mol. The van der Waals surface area contributed by atoms with Crippen LogP contribution in [0.15, 0.2) is 40.8 Å². The van der Waals surface area contributed by atoms with E-state index in [4.69, 9.17) is 25.5 Å². The molecule has 0 aliphatic carbocycles. The molecule has 1 amide bonds. The number of para-hydroxylation sites is 1. The second-order valence-electron chi connectivity index (χ2n) is 5.51. The first-order valence-corrected chi connectivity index (χ1v) is 8.30. The Kier molecular flexibility index (Phi) is 7.15. The molecule has 130 valence electrons. The molecule has 0 spiro atoms. The number of carbonyl (C=O) groups is 1. The van der Waals surface area contributed by atoms with Crippen molar-refractivity contribution in [2.45, 2.75) is 33.0 Å². The van der Waals surface area contributed by atoms with Crippen molar-refractivity contribution in [2.75, 3.05) is 13.2 Å². The summed E-state index contributed by atoms with van der Waals surface area (Å²) >= 11 is 6.02. The summed E-state index contributed by atoms with van der Waals surface area (Å²) in [7, 11) is 0. The van der Waals surface area contributed by atoms with Gasteiger partial charge in [0.1, 0.15) is 18.1 Å². The van der Waals surface area contributed by atoms with Crippen LogP contribution in [0.1, 0.15) is 36.6 Å². The molecule has 1 N–H and O–H groups in total. The molecule has 2 rings (SSSR count). The molecule has 5 nitrogen and oxygen atoms in total. The summed E-state index contributed by atoms with van der Waals surface area (Å²) in [5, 5.41) is 3.33. The van der Waals surface area contributed by atoms with Crippen molar-refractivity contribution in [3.63, 3.8) is 0 Å². The van der Waals surface area contributed by atoms with Crippen LogP contribution < -0.4 is 10.1 Å². The standard InChI is InChI=1S/C18H22ClNO4/c1-13(2)22-11-5-10-20-18(21)17-9-8-14(24-17)12-23-16-7-4-3-6-15(16)19/h3-4,6-9,13H,5,10-12H2,1-2H3,(H,20,21). The molecule has 0 saturated heterocycles. The average Bonchev–Trinajstić information content (AvgIpc) is 3.02. The molecule has 0 fully saturated rings. The fourth-order valence-electron chi connectivity index (χ4n) is 1.97.